The van der Waals surface area contributed by atoms with Crippen LogP contribution < -0.4 is 10.2 Å². The molecule has 5 rings (SSSR count). The molecule has 0 unspecified atom stereocenters. The van der Waals surface area contributed by atoms with E-state index in [0.29, 0.717) is 25.4 Å². The van der Waals surface area contributed by atoms with Crippen LogP contribution in [0.3, 0.4) is 0 Å². The minimum Gasteiger partial charge on any atom is -0.483 e. The highest BCUT2D eigenvalue weighted by Gasteiger charge is 2.52. The lowest BCUT2D eigenvalue weighted by molar-refractivity contribution is -0.156. The molecule has 180 valence electrons. The first-order valence-corrected chi connectivity index (χ1v) is 11.6. The van der Waals surface area contributed by atoms with Crippen LogP contribution in [0.4, 0.5) is 5.82 Å². The van der Waals surface area contributed by atoms with Crippen LogP contribution in [0.25, 0.3) is 0 Å². The molecule has 2 aromatic heterocycles. The molecule has 2 bridgehead atoms. The number of anilines is 1. The molecule has 0 radical (unpaired) electrons. The number of aryl methyl sites for hydroxylation is 1. The quantitative estimate of drug-likeness (QED) is 0.647. The molecule has 2 amide bonds. The molecule has 34 heavy (non-hydrogen) atoms. The van der Waals surface area contributed by atoms with Gasteiger partial charge in [0.1, 0.15) is 6.04 Å². The maximum absolute atomic E-state index is 13.4. The summed E-state index contributed by atoms with van der Waals surface area (Å²) in [7, 11) is 0. The molecule has 2 aromatic rings. The van der Waals surface area contributed by atoms with Gasteiger partial charge in [-0.2, -0.15) is 5.10 Å². The van der Waals surface area contributed by atoms with Crippen LogP contribution in [0.2, 0.25) is 0 Å². The van der Waals surface area contributed by atoms with Crippen LogP contribution in [-0.4, -0.2) is 68.6 Å². The van der Waals surface area contributed by atoms with Gasteiger partial charge in [0.25, 0.3) is 6.47 Å². The van der Waals surface area contributed by atoms with Gasteiger partial charge in [-0.3, -0.25) is 19.4 Å². The van der Waals surface area contributed by atoms with Gasteiger partial charge in [-0.25, -0.2) is 0 Å². The summed E-state index contributed by atoms with van der Waals surface area (Å²) in [5.74, 6) is 1.32. The third-order valence-electron chi connectivity index (χ3n) is 6.89. The van der Waals surface area contributed by atoms with Crippen LogP contribution in [0, 0.1) is 18.8 Å². The van der Waals surface area contributed by atoms with Gasteiger partial charge in [0, 0.05) is 37.7 Å². The third-order valence-corrected chi connectivity index (χ3v) is 6.89. The Morgan fingerprint density at radius 3 is 2.71 bits per heavy atom. The van der Waals surface area contributed by atoms with E-state index in [1.54, 1.807) is 6.20 Å². The highest BCUT2D eigenvalue weighted by Crippen LogP contribution is 2.42. The van der Waals surface area contributed by atoms with E-state index in [9.17, 15) is 9.59 Å². The van der Waals surface area contributed by atoms with Gasteiger partial charge >= 0.3 is 0 Å². The Morgan fingerprint density at radius 1 is 1.21 bits per heavy atom. The Labute approximate surface area is 198 Å². The number of carbonyl (C=O) groups excluding carboxylic acids is 2. The van der Waals surface area contributed by atoms with E-state index in [4.69, 9.17) is 9.90 Å². The van der Waals surface area contributed by atoms with Crippen molar-refractivity contribution in [2.45, 2.75) is 51.2 Å². The van der Waals surface area contributed by atoms with Crippen molar-refractivity contribution in [1.82, 2.24) is 25.4 Å². The van der Waals surface area contributed by atoms with Crippen molar-refractivity contribution in [3.05, 3.63) is 47.9 Å². The standard InChI is InChI=1S/C23H28N6O2.CH2O2/c1-15-8-9-20(27-26-15)28-13-16-11-17(14-28)22(29-19(16)6-4-7-21(29)30)23(31)25-12-18-5-2-3-10-24-18;2-1-3/h2-3,5,8-10,16-17,19,22H,4,6-7,11-14H2,1H3,(H,25,31);1H,(H,2,3)/t16-,17+,19+,22-;/m1./s1. The van der Waals surface area contributed by atoms with E-state index in [2.05, 4.69) is 25.4 Å². The molecule has 10 nitrogen and oxygen atoms in total. The van der Waals surface area contributed by atoms with Gasteiger partial charge in [-0.05, 0) is 56.4 Å². The fourth-order valence-corrected chi connectivity index (χ4v) is 5.53. The number of piperidine rings is 3. The zero-order chi connectivity index (χ0) is 24.1. The maximum Gasteiger partial charge on any atom is 0.290 e. The summed E-state index contributed by atoms with van der Waals surface area (Å²) in [5, 5.41) is 18.5. The van der Waals surface area contributed by atoms with Crippen LogP contribution >= 0.6 is 0 Å². The van der Waals surface area contributed by atoms with Crippen LogP contribution in [0.5, 0.6) is 0 Å². The van der Waals surface area contributed by atoms with Crippen molar-refractivity contribution in [2.24, 2.45) is 11.8 Å². The van der Waals surface area contributed by atoms with Crippen molar-refractivity contribution in [3.8, 4) is 0 Å². The minimum atomic E-state index is -0.445. The molecule has 4 atom stereocenters. The fourth-order valence-electron chi connectivity index (χ4n) is 5.53. The number of carboxylic acid groups (broad SMARTS) is 1. The molecule has 3 fully saturated rings. The lowest BCUT2D eigenvalue weighted by atomic mass is 9.71. The topological polar surface area (TPSA) is 129 Å². The van der Waals surface area contributed by atoms with Crippen LogP contribution in [0.1, 0.15) is 37.1 Å². The van der Waals surface area contributed by atoms with Gasteiger partial charge in [0.2, 0.25) is 11.8 Å². The van der Waals surface area contributed by atoms with E-state index in [1.807, 2.05) is 42.2 Å². The summed E-state index contributed by atoms with van der Waals surface area (Å²) in [6, 6.07) is 9.30. The Bertz CT molecular complexity index is 1000. The van der Waals surface area contributed by atoms with Gasteiger partial charge in [0.05, 0.1) is 17.9 Å². The summed E-state index contributed by atoms with van der Waals surface area (Å²) in [4.78, 5) is 43.1. The van der Waals surface area contributed by atoms with Crippen LogP contribution in [-0.2, 0) is 20.9 Å². The van der Waals surface area contributed by atoms with E-state index in [1.165, 1.54) is 0 Å². The third kappa shape index (κ3) is 5.00. The summed E-state index contributed by atoms with van der Waals surface area (Å²) < 4.78 is 0. The minimum absolute atomic E-state index is 0.0730. The Hall–Kier alpha value is -3.56. The number of hydrogen-bond acceptors (Lipinski definition) is 7. The molecule has 2 N–H and O–H groups in total. The summed E-state index contributed by atoms with van der Waals surface area (Å²) >= 11 is 0. The molecule has 5 heterocycles. The summed E-state index contributed by atoms with van der Waals surface area (Å²) in [6.07, 6.45) is 5.08. The second-order valence-electron chi connectivity index (χ2n) is 9.04. The number of fused-ring (bicyclic) bond motifs is 4. The zero-order valence-corrected chi connectivity index (χ0v) is 19.2. The maximum atomic E-state index is 13.4. The average molecular weight is 467 g/mol. The van der Waals surface area contributed by atoms with E-state index in [-0.39, 0.29) is 30.2 Å². The predicted molar refractivity (Wildman–Crippen MR) is 124 cm³/mol. The average Bonchev–Trinajstić information content (AvgIpc) is 2.85. The first kappa shape index (κ1) is 23.6. The number of nitrogens with one attached hydrogen (secondary N) is 1. The smallest absolute Gasteiger partial charge is 0.290 e. The SMILES string of the molecule is Cc1ccc(N2C[C@H]3C[C@@H](C2)[C@H](C(=O)NCc2ccccn2)N2C(=O)CCC[C@@H]32)nn1.O=CO. The number of carbonyl (C=O) groups is 3. The van der Waals surface area contributed by atoms with Gasteiger partial charge in [-0.15, -0.1) is 5.10 Å². The van der Waals surface area contributed by atoms with Crippen molar-refractivity contribution in [2.75, 3.05) is 18.0 Å². The second-order valence-corrected chi connectivity index (χ2v) is 9.04. The molecule has 10 heteroatoms. The normalized spacial score (nSPS) is 25.5. The van der Waals surface area contributed by atoms with Crippen molar-refractivity contribution >= 4 is 24.1 Å². The van der Waals surface area contributed by atoms with Gasteiger partial charge < -0.3 is 20.2 Å². The first-order chi connectivity index (χ1) is 16.5. The van der Waals surface area contributed by atoms with E-state index < -0.39 is 6.04 Å². The molecular formula is C24H30N6O4. The Kier molecular flexibility index (Phi) is 7.34. The number of aromatic nitrogens is 3. The number of nitrogens with zero attached hydrogens (tertiary/aromatic N) is 5. The highest BCUT2D eigenvalue weighted by atomic mass is 16.3. The van der Waals surface area contributed by atoms with Crippen molar-refractivity contribution in [3.63, 3.8) is 0 Å². The van der Waals surface area contributed by atoms with E-state index >= 15 is 0 Å². The summed E-state index contributed by atoms with van der Waals surface area (Å²) in [5.41, 5.74) is 1.70. The predicted octanol–water partition coefficient (Wildman–Crippen LogP) is 1.40. The molecule has 3 aliphatic heterocycles. The lowest BCUT2D eigenvalue weighted by Gasteiger charge is -2.56. The highest BCUT2D eigenvalue weighted by molar-refractivity contribution is 5.89. The monoisotopic (exact) mass is 466 g/mol. The molecule has 3 saturated heterocycles. The summed E-state index contributed by atoms with van der Waals surface area (Å²) in [6.45, 7) is 3.60. The number of amides is 2. The molecule has 0 aliphatic carbocycles. The number of rotatable bonds is 4. The first-order valence-electron chi connectivity index (χ1n) is 11.6. The molecule has 0 aromatic carbocycles. The zero-order valence-electron chi connectivity index (χ0n) is 19.2. The lowest BCUT2D eigenvalue weighted by Crippen LogP contribution is -2.68. The van der Waals surface area contributed by atoms with Crippen LogP contribution in [0.15, 0.2) is 36.5 Å². The van der Waals surface area contributed by atoms with Gasteiger partial charge in [0.15, 0.2) is 5.82 Å². The molecule has 3 aliphatic rings. The Morgan fingerprint density at radius 2 is 2.00 bits per heavy atom. The van der Waals surface area contributed by atoms with Gasteiger partial charge in [-0.1, -0.05) is 6.07 Å². The van der Waals surface area contributed by atoms with Crippen molar-refractivity contribution in [1.29, 1.82) is 0 Å². The second kappa shape index (κ2) is 10.6. The molecule has 0 saturated carbocycles. The van der Waals surface area contributed by atoms with Crippen molar-refractivity contribution < 1.29 is 19.5 Å². The fraction of sp³-hybridized carbons (Fsp3) is 0.500. The largest absolute Gasteiger partial charge is 0.483 e. The molecule has 0 spiro atoms. The van der Waals surface area contributed by atoms with E-state index in [0.717, 1.165) is 43.0 Å². The number of hydrogen-bond donors (Lipinski definition) is 2. The Balaban J connectivity index is 0.000000868. The molecular weight excluding hydrogens is 436 g/mol. The number of pyridine rings is 1.